The molecule has 1 saturated carbocycles. The number of carbonyl (C=O) groups excluding carboxylic acids is 1. The molecular formula is C16H23NO3. The molecule has 4 heteroatoms. The SMILES string of the molecule is COc1ccc(C(C)=O)cc1CN(CCO)C1CCC1. The molecular weight excluding hydrogens is 254 g/mol. The van der Waals surface area contributed by atoms with Crippen molar-refractivity contribution < 1.29 is 14.6 Å². The van der Waals surface area contributed by atoms with E-state index in [9.17, 15) is 9.90 Å². The third kappa shape index (κ3) is 3.38. The number of ketones is 1. The van der Waals surface area contributed by atoms with Crippen molar-refractivity contribution in [1.82, 2.24) is 4.90 Å². The van der Waals surface area contributed by atoms with Crippen molar-refractivity contribution in [3.8, 4) is 5.75 Å². The first-order valence-electron chi connectivity index (χ1n) is 7.18. The Morgan fingerprint density at radius 3 is 2.70 bits per heavy atom. The average molecular weight is 277 g/mol. The molecule has 1 aromatic rings. The maximum atomic E-state index is 11.5. The highest BCUT2D eigenvalue weighted by atomic mass is 16.5. The minimum Gasteiger partial charge on any atom is -0.496 e. The van der Waals surface area contributed by atoms with Crippen molar-refractivity contribution in [3.63, 3.8) is 0 Å². The van der Waals surface area contributed by atoms with E-state index in [1.165, 1.54) is 19.3 Å². The van der Waals surface area contributed by atoms with E-state index in [2.05, 4.69) is 4.90 Å². The Kier molecular flexibility index (Phi) is 5.15. The second kappa shape index (κ2) is 6.86. The number of aliphatic hydroxyl groups is 1. The standard InChI is InChI=1S/C16H23NO3/c1-12(19)13-6-7-16(20-2)14(10-13)11-17(8-9-18)15-4-3-5-15/h6-7,10,15,18H,3-5,8-9,11H2,1-2H3. The Morgan fingerprint density at radius 1 is 1.45 bits per heavy atom. The Morgan fingerprint density at radius 2 is 2.20 bits per heavy atom. The van der Waals surface area contributed by atoms with Crippen LogP contribution in [0.4, 0.5) is 0 Å². The van der Waals surface area contributed by atoms with E-state index in [1.807, 2.05) is 12.1 Å². The summed E-state index contributed by atoms with van der Waals surface area (Å²) in [7, 11) is 1.64. The van der Waals surface area contributed by atoms with Crippen molar-refractivity contribution in [2.45, 2.75) is 38.8 Å². The van der Waals surface area contributed by atoms with Crippen molar-refractivity contribution >= 4 is 5.78 Å². The monoisotopic (exact) mass is 277 g/mol. The zero-order valence-corrected chi connectivity index (χ0v) is 12.3. The predicted octanol–water partition coefficient (Wildman–Crippen LogP) is 2.24. The lowest BCUT2D eigenvalue weighted by Crippen LogP contribution is -2.41. The van der Waals surface area contributed by atoms with Crippen LogP contribution >= 0.6 is 0 Å². The van der Waals surface area contributed by atoms with E-state index < -0.39 is 0 Å². The van der Waals surface area contributed by atoms with E-state index >= 15 is 0 Å². The van der Waals surface area contributed by atoms with Gasteiger partial charge < -0.3 is 9.84 Å². The van der Waals surface area contributed by atoms with Gasteiger partial charge >= 0.3 is 0 Å². The number of hydrogen-bond donors (Lipinski definition) is 1. The Bertz CT molecular complexity index is 469. The van der Waals surface area contributed by atoms with Gasteiger partial charge in [-0.15, -0.1) is 0 Å². The summed E-state index contributed by atoms with van der Waals surface area (Å²) in [6.45, 7) is 3.11. The second-order valence-electron chi connectivity index (χ2n) is 5.36. The van der Waals surface area contributed by atoms with Crippen LogP contribution in [-0.2, 0) is 6.54 Å². The summed E-state index contributed by atoms with van der Waals surface area (Å²) in [5, 5.41) is 9.23. The van der Waals surface area contributed by atoms with Crippen LogP contribution in [0.25, 0.3) is 0 Å². The number of carbonyl (C=O) groups is 1. The molecule has 1 aromatic carbocycles. The molecule has 110 valence electrons. The lowest BCUT2D eigenvalue weighted by atomic mass is 9.91. The first-order chi connectivity index (χ1) is 9.65. The van der Waals surface area contributed by atoms with E-state index in [0.29, 0.717) is 18.2 Å². The quantitative estimate of drug-likeness (QED) is 0.777. The fourth-order valence-corrected chi connectivity index (χ4v) is 2.61. The van der Waals surface area contributed by atoms with Crippen LogP contribution in [-0.4, -0.2) is 42.1 Å². The number of nitrogens with zero attached hydrogens (tertiary/aromatic N) is 1. The number of ether oxygens (including phenoxy) is 1. The first kappa shape index (κ1) is 15.0. The lowest BCUT2D eigenvalue weighted by Gasteiger charge is -2.37. The molecule has 0 atom stereocenters. The highest BCUT2D eigenvalue weighted by molar-refractivity contribution is 5.94. The van der Waals surface area contributed by atoms with Gasteiger partial charge in [0.05, 0.1) is 13.7 Å². The molecule has 0 heterocycles. The zero-order chi connectivity index (χ0) is 14.5. The van der Waals surface area contributed by atoms with Gasteiger partial charge in [-0.25, -0.2) is 0 Å². The van der Waals surface area contributed by atoms with E-state index in [0.717, 1.165) is 17.9 Å². The highest BCUT2D eigenvalue weighted by Crippen LogP contribution is 2.28. The number of benzene rings is 1. The highest BCUT2D eigenvalue weighted by Gasteiger charge is 2.25. The van der Waals surface area contributed by atoms with Crippen molar-refractivity contribution in [1.29, 1.82) is 0 Å². The molecule has 0 amide bonds. The van der Waals surface area contributed by atoms with Crippen LogP contribution in [0.2, 0.25) is 0 Å². The molecule has 0 bridgehead atoms. The summed E-state index contributed by atoms with van der Waals surface area (Å²) in [4.78, 5) is 13.8. The molecule has 1 fully saturated rings. The molecule has 4 nitrogen and oxygen atoms in total. The molecule has 1 N–H and O–H groups in total. The molecule has 0 unspecified atom stereocenters. The van der Waals surface area contributed by atoms with Crippen LogP contribution in [0.3, 0.4) is 0 Å². The molecule has 1 aliphatic rings. The van der Waals surface area contributed by atoms with Crippen molar-refractivity contribution in [3.05, 3.63) is 29.3 Å². The predicted molar refractivity (Wildman–Crippen MR) is 78.1 cm³/mol. The van der Waals surface area contributed by atoms with Gasteiger partial charge in [-0.2, -0.15) is 0 Å². The molecule has 0 radical (unpaired) electrons. The number of methoxy groups -OCH3 is 1. The van der Waals surface area contributed by atoms with E-state index in [1.54, 1.807) is 20.1 Å². The number of hydrogen-bond acceptors (Lipinski definition) is 4. The third-order valence-electron chi connectivity index (χ3n) is 4.04. The van der Waals surface area contributed by atoms with Gasteiger partial charge in [-0.3, -0.25) is 9.69 Å². The van der Waals surface area contributed by atoms with Gasteiger partial charge in [0, 0.05) is 30.3 Å². The van der Waals surface area contributed by atoms with Gasteiger partial charge in [0.2, 0.25) is 0 Å². The van der Waals surface area contributed by atoms with Crippen molar-refractivity contribution in [2.75, 3.05) is 20.3 Å². The topological polar surface area (TPSA) is 49.8 Å². The van der Waals surface area contributed by atoms with Gasteiger partial charge in [0.25, 0.3) is 0 Å². The normalized spacial score (nSPS) is 15.2. The Balaban J connectivity index is 2.19. The Hall–Kier alpha value is -1.39. The largest absolute Gasteiger partial charge is 0.496 e. The van der Waals surface area contributed by atoms with Crippen LogP contribution in [0, 0.1) is 0 Å². The molecule has 20 heavy (non-hydrogen) atoms. The van der Waals surface area contributed by atoms with E-state index in [4.69, 9.17) is 4.74 Å². The average Bonchev–Trinajstić information content (AvgIpc) is 2.36. The molecule has 0 spiro atoms. The summed E-state index contributed by atoms with van der Waals surface area (Å²) in [5.74, 6) is 0.864. The summed E-state index contributed by atoms with van der Waals surface area (Å²) in [6, 6.07) is 6.10. The third-order valence-corrected chi connectivity index (χ3v) is 4.04. The maximum absolute atomic E-state index is 11.5. The van der Waals surface area contributed by atoms with Gasteiger partial charge in [0.1, 0.15) is 5.75 Å². The minimum absolute atomic E-state index is 0.0613. The van der Waals surface area contributed by atoms with Crippen LogP contribution in [0.1, 0.15) is 42.1 Å². The van der Waals surface area contributed by atoms with Crippen LogP contribution in [0.15, 0.2) is 18.2 Å². The van der Waals surface area contributed by atoms with Crippen LogP contribution in [0.5, 0.6) is 5.75 Å². The van der Waals surface area contributed by atoms with Gasteiger partial charge in [0.15, 0.2) is 5.78 Å². The van der Waals surface area contributed by atoms with Crippen LogP contribution < -0.4 is 4.74 Å². The fraction of sp³-hybridized carbons (Fsp3) is 0.562. The smallest absolute Gasteiger partial charge is 0.159 e. The summed E-state index contributed by atoms with van der Waals surface area (Å²) < 4.78 is 5.39. The first-order valence-corrected chi connectivity index (χ1v) is 7.18. The lowest BCUT2D eigenvalue weighted by molar-refractivity contribution is 0.0935. The molecule has 0 aromatic heterocycles. The zero-order valence-electron chi connectivity index (χ0n) is 12.3. The molecule has 1 aliphatic carbocycles. The minimum atomic E-state index is 0.0613. The maximum Gasteiger partial charge on any atom is 0.159 e. The summed E-state index contributed by atoms with van der Waals surface area (Å²) in [6.07, 6.45) is 3.64. The molecule has 2 rings (SSSR count). The number of rotatable bonds is 7. The van der Waals surface area contributed by atoms with Gasteiger partial charge in [-0.05, 0) is 38.0 Å². The number of aliphatic hydroxyl groups excluding tert-OH is 1. The van der Waals surface area contributed by atoms with E-state index in [-0.39, 0.29) is 12.4 Å². The second-order valence-corrected chi connectivity index (χ2v) is 5.36. The summed E-state index contributed by atoms with van der Waals surface area (Å²) >= 11 is 0. The van der Waals surface area contributed by atoms with Crippen molar-refractivity contribution in [2.24, 2.45) is 0 Å². The Labute approximate surface area is 120 Å². The molecule has 0 aliphatic heterocycles. The number of Topliss-reactive ketones (excluding diaryl/α,β-unsaturated/α-hetero) is 1. The molecule has 0 saturated heterocycles. The fourth-order valence-electron chi connectivity index (χ4n) is 2.61. The van der Waals surface area contributed by atoms with Gasteiger partial charge in [-0.1, -0.05) is 6.42 Å². The summed E-state index contributed by atoms with van der Waals surface area (Å²) in [5.41, 5.74) is 1.72.